The molecule has 0 radical (unpaired) electrons. The summed E-state index contributed by atoms with van der Waals surface area (Å²) < 4.78 is 12.9. The Labute approximate surface area is 123 Å². The molecule has 5 heteroatoms. The fourth-order valence-electron chi connectivity index (χ4n) is 1.86. The molecule has 0 aliphatic heterocycles. The van der Waals surface area contributed by atoms with Crippen LogP contribution in [-0.2, 0) is 6.54 Å². The number of hydrogen-bond donors (Lipinski definition) is 2. The van der Waals surface area contributed by atoms with Gasteiger partial charge in [0.25, 0.3) is 5.91 Å². The van der Waals surface area contributed by atoms with Gasteiger partial charge in [-0.2, -0.15) is 0 Å². The Morgan fingerprint density at radius 3 is 2.67 bits per heavy atom. The second-order valence-corrected chi connectivity index (χ2v) is 4.81. The van der Waals surface area contributed by atoms with Crippen LogP contribution >= 0.6 is 0 Å². The Morgan fingerprint density at radius 2 is 1.95 bits per heavy atom. The molecular weight excluding hydrogens is 269 g/mol. The highest BCUT2D eigenvalue weighted by Gasteiger charge is 2.03. The highest BCUT2D eigenvalue weighted by Crippen LogP contribution is 2.02. The van der Waals surface area contributed by atoms with E-state index in [9.17, 15) is 9.18 Å². The van der Waals surface area contributed by atoms with Gasteiger partial charge in [0.1, 0.15) is 5.82 Å². The van der Waals surface area contributed by atoms with E-state index >= 15 is 0 Å². The first kappa shape index (κ1) is 15.1. The van der Waals surface area contributed by atoms with Crippen LogP contribution in [0.15, 0.2) is 42.7 Å². The third kappa shape index (κ3) is 4.96. The lowest BCUT2D eigenvalue weighted by Crippen LogP contribution is -2.31. The summed E-state index contributed by atoms with van der Waals surface area (Å²) in [5, 5.41) is 5.95. The van der Waals surface area contributed by atoms with E-state index in [1.165, 1.54) is 12.3 Å². The molecule has 21 heavy (non-hydrogen) atoms. The number of carbonyl (C=O) groups excluding carboxylic acids is 1. The molecule has 1 aromatic carbocycles. The van der Waals surface area contributed by atoms with Crippen molar-refractivity contribution in [3.63, 3.8) is 0 Å². The van der Waals surface area contributed by atoms with Crippen LogP contribution in [0.2, 0.25) is 0 Å². The van der Waals surface area contributed by atoms with E-state index in [-0.39, 0.29) is 11.7 Å². The molecule has 4 nitrogen and oxygen atoms in total. The Bertz CT molecular complexity index is 599. The average Bonchev–Trinajstić information content (AvgIpc) is 2.47. The van der Waals surface area contributed by atoms with Crippen molar-refractivity contribution in [1.82, 2.24) is 15.6 Å². The maximum absolute atomic E-state index is 12.9. The average molecular weight is 287 g/mol. The van der Waals surface area contributed by atoms with Crippen LogP contribution in [-0.4, -0.2) is 24.0 Å². The first-order valence-corrected chi connectivity index (χ1v) is 6.80. The summed E-state index contributed by atoms with van der Waals surface area (Å²) in [5.41, 5.74) is 2.55. The number of halogens is 1. The van der Waals surface area contributed by atoms with E-state index in [2.05, 4.69) is 15.6 Å². The molecule has 0 atom stereocenters. The third-order valence-corrected chi connectivity index (χ3v) is 2.99. The predicted octanol–water partition coefficient (Wildman–Crippen LogP) is 2.05. The monoisotopic (exact) mass is 287 g/mol. The first-order chi connectivity index (χ1) is 10.1. The summed E-state index contributed by atoms with van der Waals surface area (Å²) in [6, 6.07) is 8.85. The van der Waals surface area contributed by atoms with Gasteiger partial charge >= 0.3 is 0 Å². The number of hydrogen-bond acceptors (Lipinski definition) is 3. The SMILES string of the molecule is Cc1ccc(C(=O)NCCNCc2cncc(F)c2)cc1. The number of rotatable bonds is 6. The van der Waals surface area contributed by atoms with E-state index in [1.807, 2.05) is 19.1 Å². The van der Waals surface area contributed by atoms with E-state index in [0.29, 0.717) is 25.2 Å². The predicted molar refractivity (Wildman–Crippen MR) is 79.4 cm³/mol. The van der Waals surface area contributed by atoms with Crippen LogP contribution in [0.5, 0.6) is 0 Å². The molecule has 110 valence electrons. The standard InChI is InChI=1S/C16H18FN3O/c1-12-2-4-14(5-3-12)16(21)20-7-6-18-9-13-8-15(17)11-19-10-13/h2-5,8,10-11,18H,6-7,9H2,1H3,(H,20,21). The largest absolute Gasteiger partial charge is 0.351 e. The van der Waals surface area contributed by atoms with Gasteiger partial charge < -0.3 is 10.6 Å². The van der Waals surface area contributed by atoms with Crippen LogP contribution in [0.25, 0.3) is 0 Å². The first-order valence-electron chi connectivity index (χ1n) is 6.80. The minimum absolute atomic E-state index is 0.0933. The molecule has 2 N–H and O–H groups in total. The molecule has 0 aliphatic carbocycles. The second-order valence-electron chi connectivity index (χ2n) is 4.81. The van der Waals surface area contributed by atoms with Crippen LogP contribution in [0.3, 0.4) is 0 Å². The van der Waals surface area contributed by atoms with Gasteiger partial charge in [0, 0.05) is 31.4 Å². The molecule has 0 aliphatic rings. The number of nitrogens with zero attached hydrogens (tertiary/aromatic N) is 1. The number of pyridine rings is 1. The van der Waals surface area contributed by atoms with E-state index in [4.69, 9.17) is 0 Å². The van der Waals surface area contributed by atoms with E-state index < -0.39 is 0 Å². The van der Waals surface area contributed by atoms with Gasteiger partial charge in [-0.1, -0.05) is 17.7 Å². The zero-order valence-electron chi connectivity index (χ0n) is 11.9. The number of benzene rings is 1. The minimum atomic E-state index is -0.345. The summed E-state index contributed by atoms with van der Waals surface area (Å²) >= 11 is 0. The molecule has 0 saturated heterocycles. The van der Waals surface area contributed by atoms with Gasteiger partial charge in [-0.25, -0.2) is 4.39 Å². The molecule has 1 aromatic heterocycles. The van der Waals surface area contributed by atoms with Gasteiger partial charge in [0.15, 0.2) is 0 Å². The lowest BCUT2D eigenvalue weighted by Gasteiger charge is -2.07. The number of nitrogens with one attached hydrogen (secondary N) is 2. The topological polar surface area (TPSA) is 54.0 Å². The maximum atomic E-state index is 12.9. The van der Waals surface area contributed by atoms with Crippen LogP contribution < -0.4 is 10.6 Å². The van der Waals surface area contributed by atoms with Crippen molar-refractivity contribution in [2.24, 2.45) is 0 Å². The minimum Gasteiger partial charge on any atom is -0.351 e. The molecule has 0 unspecified atom stereocenters. The number of carbonyl (C=O) groups is 1. The zero-order chi connectivity index (χ0) is 15.1. The normalized spacial score (nSPS) is 10.4. The van der Waals surface area contributed by atoms with Crippen LogP contribution in [0.1, 0.15) is 21.5 Å². The Balaban J connectivity index is 1.68. The summed E-state index contributed by atoms with van der Waals surface area (Å²) in [6.07, 6.45) is 2.78. The van der Waals surface area contributed by atoms with Gasteiger partial charge in [0.05, 0.1) is 6.20 Å². The van der Waals surface area contributed by atoms with Crippen molar-refractivity contribution in [3.8, 4) is 0 Å². The van der Waals surface area contributed by atoms with Gasteiger partial charge in [-0.15, -0.1) is 0 Å². The van der Waals surface area contributed by atoms with Gasteiger partial charge in [-0.05, 0) is 30.7 Å². The maximum Gasteiger partial charge on any atom is 0.251 e. The van der Waals surface area contributed by atoms with E-state index in [0.717, 1.165) is 11.1 Å². The molecule has 0 fully saturated rings. The highest BCUT2D eigenvalue weighted by atomic mass is 19.1. The molecule has 1 heterocycles. The Hall–Kier alpha value is -2.27. The fourth-order valence-corrected chi connectivity index (χ4v) is 1.86. The van der Waals surface area contributed by atoms with Crippen molar-refractivity contribution in [1.29, 1.82) is 0 Å². The van der Waals surface area contributed by atoms with Gasteiger partial charge in [0.2, 0.25) is 0 Å². The molecular formula is C16H18FN3O. The molecule has 0 spiro atoms. The van der Waals surface area contributed by atoms with Crippen molar-refractivity contribution < 1.29 is 9.18 Å². The lowest BCUT2D eigenvalue weighted by atomic mass is 10.1. The third-order valence-electron chi connectivity index (χ3n) is 2.99. The lowest BCUT2D eigenvalue weighted by molar-refractivity contribution is 0.0954. The van der Waals surface area contributed by atoms with Crippen molar-refractivity contribution in [2.45, 2.75) is 13.5 Å². The van der Waals surface area contributed by atoms with Crippen molar-refractivity contribution in [2.75, 3.05) is 13.1 Å². The van der Waals surface area contributed by atoms with Gasteiger partial charge in [-0.3, -0.25) is 9.78 Å². The molecule has 0 saturated carbocycles. The van der Waals surface area contributed by atoms with Crippen molar-refractivity contribution in [3.05, 3.63) is 65.2 Å². The van der Waals surface area contributed by atoms with Crippen LogP contribution in [0.4, 0.5) is 4.39 Å². The molecule has 0 bridgehead atoms. The van der Waals surface area contributed by atoms with Crippen molar-refractivity contribution >= 4 is 5.91 Å². The highest BCUT2D eigenvalue weighted by molar-refractivity contribution is 5.94. The van der Waals surface area contributed by atoms with Crippen LogP contribution in [0, 0.1) is 12.7 Å². The number of aromatic nitrogens is 1. The zero-order valence-corrected chi connectivity index (χ0v) is 11.9. The summed E-state index contributed by atoms with van der Waals surface area (Å²) in [4.78, 5) is 15.6. The number of aryl methyl sites for hydroxylation is 1. The number of amides is 1. The quantitative estimate of drug-likeness (QED) is 0.800. The second kappa shape index (κ2) is 7.50. The Kier molecular flexibility index (Phi) is 5.40. The summed E-state index contributed by atoms with van der Waals surface area (Å²) in [5.74, 6) is -0.439. The summed E-state index contributed by atoms with van der Waals surface area (Å²) in [6.45, 7) is 3.61. The Morgan fingerprint density at radius 1 is 1.19 bits per heavy atom. The molecule has 2 aromatic rings. The molecule has 2 rings (SSSR count). The molecule has 1 amide bonds. The summed E-state index contributed by atoms with van der Waals surface area (Å²) in [7, 11) is 0. The van der Waals surface area contributed by atoms with E-state index in [1.54, 1.807) is 18.3 Å². The smallest absolute Gasteiger partial charge is 0.251 e. The fraction of sp³-hybridized carbons (Fsp3) is 0.250.